The minimum atomic E-state index is -0.0627. The second-order valence-corrected chi connectivity index (χ2v) is 9.34. The van der Waals surface area contributed by atoms with Gasteiger partial charge in [0, 0.05) is 19.0 Å². The second-order valence-electron chi connectivity index (χ2n) is 9.34. The lowest BCUT2D eigenvalue weighted by molar-refractivity contribution is -0.0163. The van der Waals surface area contributed by atoms with Crippen molar-refractivity contribution in [3.63, 3.8) is 0 Å². The van der Waals surface area contributed by atoms with E-state index in [1.165, 1.54) is 38.5 Å². The van der Waals surface area contributed by atoms with Gasteiger partial charge in [-0.1, -0.05) is 35.5 Å². The Morgan fingerprint density at radius 2 is 1.78 bits per heavy atom. The fourth-order valence-corrected chi connectivity index (χ4v) is 6.30. The number of oxime groups is 1. The van der Waals surface area contributed by atoms with Crippen LogP contribution in [0, 0.1) is 17.8 Å². The van der Waals surface area contributed by atoms with E-state index in [9.17, 15) is 4.79 Å². The first-order chi connectivity index (χ1) is 13.1. The average molecular weight is 367 g/mol. The summed E-state index contributed by atoms with van der Waals surface area (Å²) in [5.74, 6) is 2.51. The van der Waals surface area contributed by atoms with Gasteiger partial charge in [0.25, 0.3) is 0 Å². The fourth-order valence-electron chi connectivity index (χ4n) is 6.30. The highest BCUT2D eigenvalue weighted by atomic mass is 16.6. The molecule has 6 rings (SSSR count). The number of hydrogen-bond donors (Lipinski definition) is 1. The molecular formula is C22H29N3O2. The van der Waals surface area contributed by atoms with Gasteiger partial charge in [-0.15, -0.1) is 0 Å². The summed E-state index contributed by atoms with van der Waals surface area (Å²) >= 11 is 0. The summed E-state index contributed by atoms with van der Waals surface area (Å²) in [7, 11) is 1.87. The molecule has 1 unspecified atom stereocenters. The van der Waals surface area contributed by atoms with E-state index in [4.69, 9.17) is 4.84 Å². The van der Waals surface area contributed by atoms with Crippen LogP contribution in [0.4, 0.5) is 4.79 Å². The van der Waals surface area contributed by atoms with Crippen molar-refractivity contribution in [2.24, 2.45) is 22.9 Å². The van der Waals surface area contributed by atoms with Crippen LogP contribution in [0.2, 0.25) is 0 Å². The lowest BCUT2D eigenvalue weighted by atomic mass is 9.53. The Hall–Kier alpha value is -2.04. The van der Waals surface area contributed by atoms with Gasteiger partial charge in [-0.3, -0.25) is 0 Å². The van der Waals surface area contributed by atoms with Crippen LogP contribution in [0.15, 0.2) is 35.5 Å². The predicted octanol–water partition coefficient (Wildman–Crippen LogP) is 3.79. The zero-order chi connectivity index (χ0) is 18.4. The van der Waals surface area contributed by atoms with Gasteiger partial charge < -0.3 is 15.1 Å². The van der Waals surface area contributed by atoms with Gasteiger partial charge in [-0.05, 0) is 61.8 Å². The molecule has 1 aromatic carbocycles. The smallest absolute Gasteiger partial charge is 0.317 e. The molecule has 0 radical (unpaired) electrons. The van der Waals surface area contributed by atoms with E-state index >= 15 is 0 Å². The summed E-state index contributed by atoms with van der Waals surface area (Å²) in [6.45, 7) is 0.567. The van der Waals surface area contributed by atoms with Crippen LogP contribution in [-0.4, -0.2) is 41.9 Å². The van der Waals surface area contributed by atoms with E-state index in [-0.39, 0.29) is 17.7 Å². The Labute approximate surface area is 161 Å². The fraction of sp³-hybridized carbons (Fsp3) is 0.636. The molecule has 5 nitrogen and oxygen atoms in total. The molecular weight excluding hydrogens is 338 g/mol. The minimum Gasteiger partial charge on any atom is -0.390 e. The van der Waals surface area contributed by atoms with Gasteiger partial charge in [0.1, 0.15) is 0 Å². The molecule has 27 heavy (non-hydrogen) atoms. The topological polar surface area (TPSA) is 53.9 Å². The van der Waals surface area contributed by atoms with Crippen LogP contribution in [0.25, 0.3) is 0 Å². The van der Waals surface area contributed by atoms with Gasteiger partial charge in [0.15, 0.2) is 6.10 Å². The zero-order valence-electron chi connectivity index (χ0n) is 16.1. The van der Waals surface area contributed by atoms with E-state index in [1.54, 1.807) is 4.90 Å². The highest BCUT2D eigenvalue weighted by molar-refractivity contribution is 6.01. The summed E-state index contributed by atoms with van der Waals surface area (Å²) in [5, 5.41) is 7.67. The Morgan fingerprint density at radius 1 is 1.15 bits per heavy atom. The van der Waals surface area contributed by atoms with Gasteiger partial charge in [-0.2, -0.15) is 0 Å². The van der Waals surface area contributed by atoms with Crippen LogP contribution in [0.3, 0.4) is 0 Å². The maximum atomic E-state index is 12.9. The monoisotopic (exact) mass is 367 g/mol. The number of carbonyl (C=O) groups is 1. The van der Waals surface area contributed by atoms with Crippen molar-refractivity contribution < 1.29 is 9.63 Å². The molecule has 2 amide bonds. The first-order valence-electron chi connectivity index (χ1n) is 10.4. The third-order valence-corrected chi connectivity index (χ3v) is 7.07. The van der Waals surface area contributed by atoms with Crippen molar-refractivity contribution in [1.82, 2.24) is 10.2 Å². The predicted molar refractivity (Wildman–Crippen MR) is 105 cm³/mol. The first-order valence-corrected chi connectivity index (χ1v) is 10.4. The number of urea groups is 1. The molecule has 1 atom stereocenters. The largest absolute Gasteiger partial charge is 0.390 e. The molecule has 1 N–H and O–H groups in total. The maximum absolute atomic E-state index is 12.9. The number of carbonyl (C=O) groups excluding carboxylic acids is 1. The van der Waals surface area contributed by atoms with E-state index in [1.807, 2.05) is 37.4 Å². The number of likely N-dealkylation sites (N-methyl/N-ethyl adjacent to an activating group) is 1. The summed E-state index contributed by atoms with van der Waals surface area (Å²) in [4.78, 5) is 20.3. The number of amides is 2. The van der Waals surface area contributed by atoms with Crippen LogP contribution in [0.1, 0.15) is 50.5 Å². The van der Waals surface area contributed by atoms with E-state index in [2.05, 4.69) is 10.5 Å². The lowest BCUT2D eigenvalue weighted by Crippen LogP contribution is -2.61. The lowest BCUT2D eigenvalue weighted by Gasteiger charge is -2.57. The molecule has 4 bridgehead atoms. The third kappa shape index (κ3) is 3.32. The van der Waals surface area contributed by atoms with Gasteiger partial charge >= 0.3 is 6.03 Å². The summed E-state index contributed by atoms with van der Waals surface area (Å²) in [6.07, 6.45) is 8.40. The standard InChI is InChI=1S/C22H29N3O2/c1-25(14-19-10-20(24-27-19)18-5-3-2-4-6-18)21(26)23-22-11-15-7-16(12-22)9-17(8-15)13-22/h2-6,15-17,19H,7-14H2,1H3,(H,23,26). The Kier molecular flexibility index (Phi) is 4.14. The number of hydrogen-bond acceptors (Lipinski definition) is 3. The first kappa shape index (κ1) is 17.1. The molecule has 1 aliphatic heterocycles. The van der Waals surface area contributed by atoms with Gasteiger partial charge in [0.2, 0.25) is 0 Å². The molecule has 0 spiro atoms. The Morgan fingerprint density at radius 3 is 2.41 bits per heavy atom. The molecule has 4 fully saturated rings. The van der Waals surface area contributed by atoms with E-state index in [0.717, 1.165) is 35.4 Å². The van der Waals surface area contributed by atoms with Crippen LogP contribution < -0.4 is 5.32 Å². The molecule has 144 valence electrons. The molecule has 4 saturated carbocycles. The van der Waals surface area contributed by atoms with Crippen molar-refractivity contribution >= 4 is 11.7 Å². The summed E-state index contributed by atoms with van der Waals surface area (Å²) in [5.41, 5.74) is 2.12. The molecule has 0 saturated heterocycles. The van der Waals surface area contributed by atoms with Gasteiger partial charge in [-0.25, -0.2) is 4.79 Å². The molecule has 4 aliphatic carbocycles. The average Bonchev–Trinajstić information content (AvgIpc) is 3.09. The number of nitrogens with zero attached hydrogens (tertiary/aromatic N) is 2. The molecule has 1 aromatic rings. The number of nitrogens with one attached hydrogen (secondary N) is 1. The van der Waals surface area contributed by atoms with Crippen LogP contribution in [-0.2, 0) is 4.84 Å². The van der Waals surface area contributed by atoms with Gasteiger partial charge in [0.05, 0.1) is 12.3 Å². The molecule has 5 heteroatoms. The highest BCUT2D eigenvalue weighted by Crippen LogP contribution is 2.55. The van der Waals surface area contributed by atoms with Crippen molar-refractivity contribution in [2.45, 2.75) is 56.6 Å². The van der Waals surface area contributed by atoms with Crippen molar-refractivity contribution in [2.75, 3.05) is 13.6 Å². The van der Waals surface area contributed by atoms with Crippen molar-refractivity contribution in [1.29, 1.82) is 0 Å². The van der Waals surface area contributed by atoms with E-state index < -0.39 is 0 Å². The normalized spacial score (nSPS) is 36.3. The molecule has 1 heterocycles. The summed E-state index contributed by atoms with van der Waals surface area (Å²) in [6, 6.07) is 10.2. The molecule has 0 aromatic heterocycles. The van der Waals surface area contributed by atoms with Crippen molar-refractivity contribution in [3.8, 4) is 0 Å². The zero-order valence-corrected chi connectivity index (χ0v) is 16.1. The maximum Gasteiger partial charge on any atom is 0.317 e. The highest BCUT2D eigenvalue weighted by Gasteiger charge is 2.51. The third-order valence-electron chi connectivity index (χ3n) is 7.07. The SMILES string of the molecule is CN(CC1CC(c2ccccc2)=NO1)C(=O)NC12CC3CC(CC(C3)C1)C2. The van der Waals surface area contributed by atoms with Crippen molar-refractivity contribution in [3.05, 3.63) is 35.9 Å². The number of benzene rings is 1. The minimum absolute atomic E-state index is 0.0497. The number of rotatable bonds is 4. The Balaban J connectivity index is 1.16. The van der Waals surface area contributed by atoms with Crippen LogP contribution >= 0.6 is 0 Å². The summed E-state index contributed by atoms with van der Waals surface area (Å²) < 4.78 is 0. The van der Waals surface area contributed by atoms with Crippen LogP contribution in [0.5, 0.6) is 0 Å². The second kappa shape index (κ2) is 6.54. The quantitative estimate of drug-likeness (QED) is 0.880. The van der Waals surface area contributed by atoms with E-state index in [0.29, 0.717) is 6.54 Å². The molecule has 5 aliphatic rings. The Bertz CT molecular complexity index is 710.